The van der Waals surface area contributed by atoms with E-state index in [0.717, 1.165) is 68.7 Å². The average molecular weight is 403 g/mol. The summed E-state index contributed by atoms with van der Waals surface area (Å²) < 4.78 is 11.8. The fourth-order valence-electron chi connectivity index (χ4n) is 4.91. The first-order chi connectivity index (χ1) is 13.7. The minimum atomic E-state index is -0.475. The third kappa shape index (κ3) is 3.20. The Morgan fingerprint density at radius 2 is 2.21 bits per heavy atom. The van der Waals surface area contributed by atoms with Gasteiger partial charge in [-0.15, -0.1) is 11.3 Å². The summed E-state index contributed by atoms with van der Waals surface area (Å²) in [5.41, 5.74) is 1.99. The van der Waals surface area contributed by atoms with Gasteiger partial charge in [0.1, 0.15) is 11.1 Å². The Hall–Kier alpha value is -1.66. The van der Waals surface area contributed by atoms with E-state index in [9.17, 15) is 10.1 Å². The van der Waals surface area contributed by atoms with Crippen LogP contribution >= 0.6 is 11.3 Å². The van der Waals surface area contributed by atoms with Gasteiger partial charge in [-0.3, -0.25) is 4.79 Å². The minimum Gasteiger partial charge on any atom is -0.360 e. The Kier molecular flexibility index (Phi) is 4.79. The number of hydrogen-bond acceptors (Lipinski definition) is 7. The highest BCUT2D eigenvalue weighted by Crippen LogP contribution is 2.45. The van der Waals surface area contributed by atoms with Gasteiger partial charge in [0, 0.05) is 36.9 Å². The highest BCUT2D eigenvalue weighted by atomic mass is 32.1. The molecule has 3 fully saturated rings. The second-order valence-corrected chi connectivity index (χ2v) is 9.25. The number of nitrogens with one attached hydrogen (secondary N) is 2. The molecule has 2 unspecified atom stereocenters. The van der Waals surface area contributed by atoms with E-state index in [1.807, 2.05) is 0 Å². The van der Waals surface area contributed by atoms with Gasteiger partial charge in [-0.05, 0) is 37.8 Å². The standard InChI is InChI=1S/C20H26N4O3S/c21-11-15-14-3-5-20(26-8-9-27-20)10-17(14)28-19(15)24-7-4-13(12-24)23-18(25)16-2-1-6-22-16/h13,16,22H,1-10,12H2,(H,23,25). The van der Waals surface area contributed by atoms with Crippen LogP contribution in [0.5, 0.6) is 0 Å². The Morgan fingerprint density at radius 3 is 2.96 bits per heavy atom. The zero-order chi connectivity index (χ0) is 19.1. The average Bonchev–Trinajstić information content (AvgIpc) is 3.48. The molecule has 1 aromatic rings. The predicted octanol–water partition coefficient (Wildman–Crippen LogP) is 1.30. The van der Waals surface area contributed by atoms with E-state index in [0.29, 0.717) is 13.2 Å². The molecule has 7 nitrogen and oxygen atoms in total. The van der Waals surface area contributed by atoms with Crippen LogP contribution in [-0.2, 0) is 27.1 Å². The van der Waals surface area contributed by atoms with Crippen molar-refractivity contribution in [2.24, 2.45) is 0 Å². The Morgan fingerprint density at radius 1 is 1.36 bits per heavy atom. The third-order valence-electron chi connectivity index (χ3n) is 6.38. The van der Waals surface area contributed by atoms with E-state index in [2.05, 4.69) is 21.6 Å². The van der Waals surface area contributed by atoms with Crippen molar-refractivity contribution in [3.63, 3.8) is 0 Å². The van der Waals surface area contributed by atoms with E-state index < -0.39 is 5.79 Å². The van der Waals surface area contributed by atoms with Gasteiger partial charge in [0.05, 0.1) is 24.8 Å². The molecule has 4 heterocycles. The number of rotatable bonds is 3. The maximum atomic E-state index is 12.4. The molecule has 1 aromatic heterocycles. The quantitative estimate of drug-likeness (QED) is 0.793. The molecule has 1 amide bonds. The molecular formula is C20H26N4O3S. The summed E-state index contributed by atoms with van der Waals surface area (Å²) in [5.74, 6) is -0.356. The van der Waals surface area contributed by atoms with Gasteiger partial charge in [-0.25, -0.2) is 0 Å². The van der Waals surface area contributed by atoms with Crippen LogP contribution in [0.4, 0.5) is 5.00 Å². The molecule has 1 aliphatic carbocycles. The lowest BCUT2D eigenvalue weighted by Gasteiger charge is -2.31. The summed E-state index contributed by atoms with van der Waals surface area (Å²) in [5, 5.41) is 17.3. The molecule has 4 aliphatic rings. The number of thiophene rings is 1. The summed E-state index contributed by atoms with van der Waals surface area (Å²) in [4.78, 5) is 15.9. The predicted molar refractivity (Wildman–Crippen MR) is 105 cm³/mol. The summed E-state index contributed by atoms with van der Waals surface area (Å²) in [7, 11) is 0. The Labute approximate surface area is 169 Å². The van der Waals surface area contributed by atoms with Crippen LogP contribution in [0, 0.1) is 11.3 Å². The van der Waals surface area contributed by atoms with Crippen LogP contribution in [-0.4, -0.2) is 56.6 Å². The van der Waals surface area contributed by atoms with Gasteiger partial charge in [-0.2, -0.15) is 5.26 Å². The molecule has 5 rings (SSSR count). The van der Waals surface area contributed by atoms with E-state index >= 15 is 0 Å². The number of hydrogen-bond donors (Lipinski definition) is 2. The van der Waals surface area contributed by atoms with Gasteiger partial charge < -0.3 is 25.0 Å². The molecule has 1 spiro atoms. The summed E-state index contributed by atoms with van der Waals surface area (Å²) in [6.07, 6.45) is 5.29. The van der Waals surface area contributed by atoms with Crippen LogP contribution in [0.2, 0.25) is 0 Å². The number of carbonyl (C=O) groups excluding carboxylic acids is 1. The molecule has 0 aromatic carbocycles. The number of nitrogens with zero attached hydrogens (tertiary/aromatic N) is 2. The van der Waals surface area contributed by atoms with Crippen LogP contribution in [0.25, 0.3) is 0 Å². The molecule has 28 heavy (non-hydrogen) atoms. The number of fused-ring (bicyclic) bond motifs is 1. The van der Waals surface area contributed by atoms with Crippen molar-refractivity contribution in [1.82, 2.24) is 10.6 Å². The summed E-state index contributed by atoms with van der Waals surface area (Å²) in [6, 6.07) is 2.56. The molecule has 0 saturated carbocycles. The van der Waals surface area contributed by atoms with Crippen molar-refractivity contribution >= 4 is 22.2 Å². The molecule has 8 heteroatoms. The molecule has 150 valence electrons. The van der Waals surface area contributed by atoms with Gasteiger partial charge in [0.15, 0.2) is 5.79 Å². The van der Waals surface area contributed by atoms with Crippen molar-refractivity contribution in [2.45, 2.75) is 56.4 Å². The molecule has 2 atom stereocenters. The molecule has 0 radical (unpaired) electrons. The van der Waals surface area contributed by atoms with Crippen molar-refractivity contribution < 1.29 is 14.3 Å². The van der Waals surface area contributed by atoms with Crippen LogP contribution in [0.15, 0.2) is 0 Å². The SMILES string of the molecule is N#Cc1c(N2CCC(NC(=O)C3CCCN3)C2)sc2c1CCC1(C2)OCCO1. The van der Waals surface area contributed by atoms with Gasteiger partial charge >= 0.3 is 0 Å². The zero-order valence-electron chi connectivity index (χ0n) is 16.0. The fourth-order valence-corrected chi connectivity index (χ4v) is 6.33. The monoisotopic (exact) mass is 402 g/mol. The van der Waals surface area contributed by atoms with Gasteiger partial charge in [0.2, 0.25) is 5.91 Å². The minimum absolute atomic E-state index is 0.0413. The second kappa shape index (κ2) is 7.30. The van der Waals surface area contributed by atoms with Crippen LogP contribution in [0.3, 0.4) is 0 Å². The van der Waals surface area contributed by atoms with Gasteiger partial charge in [-0.1, -0.05) is 0 Å². The highest BCUT2D eigenvalue weighted by Gasteiger charge is 2.42. The number of amides is 1. The number of nitriles is 1. The first kappa shape index (κ1) is 18.4. The zero-order valence-corrected chi connectivity index (χ0v) is 16.8. The molecule has 3 saturated heterocycles. The van der Waals surface area contributed by atoms with E-state index in [4.69, 9.17) is 9.47 Å². The Balaban J connectivity index is 1.30. The molecular weight excluding hydrogens is 376 g/mol. The number of ether oxygens (including phenoxy) is 2. The largest absolute Gasteiger partial charge is 0.360 e. The topological polar surface area (TPSA) is 86.6 Å². The van der Waals surface area contributed by atoms with Crippen molar-refractivity contribution in [1.29, 1.82) is 5.26 Å². The fraction of sp³-hybridized carbons (Fsp3) is 0.700. The molecule has 3 aliphatic heterocycles. The van der Waals surface area contributed by atoms with Crippen molar-refractivity contribution in [2.75, 3.05) is 37.7 Å². The summed E-state index contributed by atoms with van der Waals surface area (Å²) in [6.45, 7) is 3.88. The number of anilines is 1. The molecule has 2 N–H and O–H groups in total. The van der Waals surface area contributed by atoms with Crippen molar-refractivity contribution in [3.05, 3.63) is 16.0 Å². The normalized spacial score (nSPS) is 28.5. The van der Waals surface area contributed by atoms with Crippen LogP contribution in [0.1, 0.15) is 41.7 Å². The maximum absolute atomic E-state index is 12.4. The van der Waals surface area contributed by atoms with E-state index in [1.165, 1.54) is 10.4 Å². The maximum Gasteiger partial charge on any atom is 0.237 e. The van der Waals surface area contributed by atoms with Crippen LogP contribution < -0.4 is 15.5 Å². The second-order valence-electron chi connectivity index (χ2n) is 8.17. The van der Waals surface area contributed by atoms with E-state index in [1.54, 1.807) is 11.3 Å². The lowest BCUT2D eigenvalue weighted by Crippen LogP contribution is -2.46. The van der Waals surface area contributed by atoms with Gasteiger partial charge in [0.25, 0.3) is 0 Å². The first-order valence-corrected chi connectivity index (χ1v) is 11.1. The number of carbonyl (C=O) groups is 1. The first-order valence-electron chi connectivity index (χ1n) is 10.3. The van der Waals surface area contributed by atoms with E-state index in [-0.39, 0.29) is 18.0 Å². The third-order valence-corrected chi connectivity index (χ3v) is 7.67. The smallest absolute Gasteiger partial charge is 0.237 e. The molecule has 0 bridgehead atoms. The highest BCUT2D eigenvalue weighted by molar-refractivity contribution is 7.16. The lowest BCUT2D eigenvalue weighted by molar-refractivity contribution is -0.163. The Bertz CT molecular complexity index is 805. The summed E-state index contributed by atoms with van der Waals surface area (Å²) >= 11 is 1.71. The van der Waals surface area contributed by atoms with Crippen molar-refractivity contribution in [3.8, 4) is 6.07 Å². The lowest BCUT2D eigenvalue weighted by atomic mass is 9.91.